The second-order valence-electron chi connectivity index (χ2n) is 9.19. The Hall–Kier alpha value is -4.16. The third kappa shape index (κ3) is 7.91. The minimum atomic E-state index is -0.813. The molecule has 0 aliphatic heterocycles. The number of rotatable bonds is 11. The molecule has 200 valence electrons. The summed E-state index contributed by atoms with van der Waals surface area (Å²) in [6, 6.07) is 29.2. The van der Waals surface area contributed by atoms with Crippen molar-refractivity contribution in [3.63, 3.8) is 0 Å². The fourth-order valence-corrected chi connectivity index (χ4v) is 4.49. The van der Waals surface area contributed by atoms with Gasteiger partial charge in [-0.15, -0.1) is 0 Å². The summed E-state index contributed by atoms with van der Waals surface area (Å²) in [5.41, 5.74) is 3.24. The van der Waals surface area contributed by atoms with Gasteiger partial charge in [0.1, 0.15) is 17.6 Å². The normalized spacial score (nSPS) is 11.5. The van der Waals surface area contributed by atoms with Gasteiger partial charge in [-0.05, 0) is 47.0 Å². The fourth-order valence-electron chi connectivity index (χ4n) is 4.37. The summed E-state index contributed by atoms with van der Waals surface area (Å²) in [6.45, 7) is 0.385. The van der Waals surface area contributed by atoms with Crippen LogP contribution in [0, 0.1) is 5.82 Å². The van der Waals surface area contributed by atoms with E-state index in [4.69, 9.17) is 16.3 Å². The van der Waals surface area contributed by atoms with Crippen molar-refractivity contribution in [3.05, 3.63) is 136 Å². The quantitative estimate of drug-likeness (QED) is 0.252. The summed E-state index contributed by atoms with van der Waals surface area (Å²) < 4.78 is 19.1. The van der Waals surface area contributed by atoms with Gasteiger partial charge in [-0.25, -0.2) is 4.39 Å². The van der Waals surface area contributed by atoms with E-state index in [0.717, 1.165) is 22.3 Å². The van der Waals surface area contributed by atoms with Crippen molar-refractivity contribution in [2.24, 2.45) is 0 Å². The molecule has 0 spiro atoms. The predicted octanol–water partition coefficient (Wildman–Crippen LogP) is 5.99. The highest BCUT2D eigenvalue weighted by Crippen LogP contribution is 2.20. The molecule has 2 amide bonds. The van der Waals surface area contributed by atoms with Gasteiger partial charge in [0.25, 0.3) is 0 Å². The van der Waals surface area contributed by atoms with Crippen LogP contribution < -0.4 is 10.1 Å². The first-order chi connectivity index (χ1) is 18.9. The topological polar surface area (TPSA) is 58.6 Å². The Balaban J connectivity index is 1.65. The first kappa shape index (κ1) is 27.9. The number of nitrogens with one attached hydrogen (secondary N) is 1. The molecule has 0 aliphatic rings. The Kier molecular flexibility index (Phi) is 9.70. The van der Waals surface area contributed by atoms with Crippen LogP contribution in [-0.2, 0) is 35.5 Å². The zero-order chi connectivity index (χ0) is 27.6. The number of carbonyl (C=O) groups is 2. The van der Waals surface area contributed by atoms with Gasteiger partial charge >= 0.3 is 0 Å². The molecule has 0 aliphatic carbocycles. The largest absolute Gasteiger partial charge is 0.496 e. The number of hydrogen-bond donors (Lipinski definition) is 1. The molecule has 7 heteroatoms. The molecule has 4 rings (SSSR count). The molecule has 4 aromatic rings. The molecule has 5 nitrogen and oxygen atoms in total. The molecular weight excluding hydrogens is 515 g/mol. The maximum atomic E-state index is 13.8. The monoisotopic (exact) mass is 544 g/mol. The highest BCUT2D eigenvalue weighted by atomic mass is 35.5. The van der Waals surface area contributed by atoms with Gasteiger partial charge in [-0.3, -0.25) is 9.59 Å². The summed E-state index contributed by atoms with van der Waals surface area (Å²) in [4.78, 5) is 29.2. The highest BCUT2D eigenvalue weighted by Gasteiger charge is 2.30. The Morgan fingerprint density at radius 1 is 0.846 bits per heavy atom. The molecule has 1 N–H and O–H groups in total. The van der Waals surface area contributed by atoms with Crippen LogP contribution in [0.2, 0.25) is 5.02 Å². The van der Waals surface area contributed by atoms with Gasteiger partial charge in [-0.1, -0.05) is 84.4 Å². The molecule has 0 aromatic heterocycles. The fraction of sp³-hybridized carbons (Fsp3) is 0.188. The number of halogens is 2. The lowest BCUT2D eigenvalue weighted by Gasteiger charge is -2.32. The average molecular weight is 545 g/mol. The number of methoxy groups -OCH3 is 1. The number of nitrogens with zero attached hydrogens (tertiary/aromatic N) is 1. The van der Waals surface area contributed by atoms with E-state index in [1.165, 1.54) is 12.1 Å². The summed E-state index contributed by atoms with van der Waals surface area (Å²) in [7, 11) is 1.58. The Labute approximate surface area is 233 Å². The number of hydrogen-bond acceptors (Lipinski definition) is 3. The van der Waals surface area contributed by atoms with Crippen molar-refractivity contribution in [1.29, 1.82) is 0 Å². The van der Waals surface area contributed by atoms with Gasteiger partial charge in [0.05, 0.1) is 13.5 Å². The number of carbonyl (C=O) groups excluding carboxylic acids is 2. The highest BCUT2D eigenvalue weighted by molar-refractivity contribution is 6.30. The lowest BCUT2D eigenvalue weighted by molar-refractivity contribution is -0.140. The smallest absolute Gasteiger partial charge is 0.243 e. The van der Waals surface area contributed by atoms with E-state index in [1.807, 2.05) is 54.6 Å². The lowest BCUT2D eigenvalue weighted by atomic mass is 10.0. The zero-order valence-electron chi connectivity index (χ0n) is 21.6. The maximum Gasteiger partial charge on any atom is 0.243 e. The van der Waals surface area contributed by atoms with Crippen LogP contribution in [0.4, 0.5) is 4.39 Å². The van der Waals surface area contributed by atoms with E-state index in [-0.39, 0.29) is 37.1 Å². The van der Waals surface area contributed by atoms with E-state index in [2.05, 4.69) is 5.32 Å². The molecule has 4 aromatic carbocycles. The third-order valence-corrected chi connectivity index (χ3v) is 6.70. The zero-order valence-corrected chi connectivity index (χ0v) is 22.4. The summed E-state index contributed by atoms with van der Waals surface area (Å²) in [5.74, 6) is -0.223. The first-order valence-electron chi connectivity index (χ1n) is 12.6. The molecule has 39 heavy (non-hydrogen) atoms. The van der Waals surface area contributed by atoms with Gasteiger partial charge in [0.15, 0.2) is 0 Å². The molecule has 0 radical (unpaired) electrons. The minimum absolute atomic E-state index is 0.0867. The van der Waals surface area contributed by atoms with E-state index in [1.54, 1.807) is 48.4 Å². The standard InChI is InChI=1S/C32H30ClFN2O3/c1-39-30-10-6-5-9-26(30)21-35-32(38)29(19-23-7-3-2-4-8-23)36(22-25-13-17-28(34)18-14-25)31(37)20-24-11-15-27(33)16-12-24/h2-18,29H,19-22H2,1H3,(H,35,38)/t29-/m0/s1. The Bertz CT molecular complexity index is 1380. The number of benzene rings is 4. The van der Waals surface area contributed by atoms with Crippen LogP contribution in [0.15, 0.2) is 103 Å². The molecule has 1 atom stereocenters. The predicted molar refractivity (Wildman–Crippen MR) is 151 cm³/mol. The molecular formula is C32H30ClFN2O3. The van der Waals surface area contributed by atoms with E-state index in [0.29, 0.717) is 17.2 Å². The summed E-state index contributed by atoms with van der Waals surface area (Å²) >= 11 is 6.03. The van der Waals surface area contributed by atoms with Crippen molar-refractivity contribution in [1.82, 2.24) is 10.2 Å². The maximum absolute atomic E-state index is 13.8. The van der Waals surface area contributed by atoms with Crippen molar-refractivity contribution in [2.75, 3.05) is 7.11 Å². The van der Waals surface area contributed by atoms with E-state index in [9.17, 15) is 14.0 Å². The van der Waals surface area contributed by atoms with Crippen molar-refractivity contribution >= 4 is 23.4 Å². The SMILES string of the molecule is COc1ccccc1CNC(=O)[C@H](Cc1ccccc1)N(Cc1ccc(F)cc1)C(=O)Cc1ccc(Cl)cc1. The number of ether oxygens (including phenoxy) is 1. The van der Waals surface area contributed by atoms with Gasteiger partial charge in [0, 0.05) is 30.1 Å². The van der Waals surface area contributed by atoms with Crippen LogP contribution >= 0.6 is 11.6 Å². The molecule has 0 fully saturated rings. The minimum Gasteiger partial charge on any atom is -0.496 e. The summed E-state index contributed by atoms with van der Waals surface area (Å²) in [5, 5.41) is 3.58. The van der Waals surface area contributed by atoms with Crippen LogP contribution in [0.5, 0.6) is 5.75 Å². The second-order valence-corrected chi connectivity index (χ2v) is 9.62. The van der Waals surface area contributed by atoms with Gasteiger partial charge in [0.2, 0.25) is 11.8 Å². The van der Waals surface area contributed by atoms with Gasteiger partial charge in [-0.2, -0.15) is 0 Å². The molecule has 0 saturated heterocycles. The average Bonchev–Trinajstić information content (AvgIpc) is 2.96. The van der Waals surface area contributed by atoms with Gasteiger partial charge < -0.3 is 15.0 Å². The van der Waals surface area contributed by atoms with Crippen molar-refractivity contribution in [2.45, 2.75) is 32.0 Å². The molecule has 0 unspecified atom stereocenters. The lowest BCUT2D eigenvalue weighted by Crippen LogP contribution is -2.50. The molecule has 0 bridgehead atoms. The van der Waals surface area contributed by atoms with Crippen LogP contribution in [-0.4, -0.2) is 29.9 Å². The second kappa shape index (κ2) is 13.6. The van der Waals surface area contributed by atoms with Crippen molar-refractivity contribution in [3.8, 4) is 5.75 Å². The van der Waals surface area contributed by atoms with Crippen molar-refractivity contribution < 1.29 is 18.7 Å². The van der Waals surface area contributed by atoms with E-state index >= 15 is 0 Å². The molecule has 0 heterocycles. The Morgan fingerprint density at radius 2 is 1.49 bits per heavy atom. The van der Waals surface area contributed by atoms with Crippen LogP contribution in [0.25, 0.3) is 0 Å². The van der Waals surface area contributed by atoms with Crippen LogP contribution in [0.1, 0.15) is 22.3 Å². The first-order valence-corrected chi connectivity index (χ1v) is 13.0. The van der Waals surface area contributed by atoms with E-state index < -0.39 is 6.04 Å². The molecule has 0 saturated carbocycles. The number of amides is 2. The Morgan fingerprint density at radius 3 is 2.18 bits per heavy atom. The van der Waals surface area contributed by atoms with Crippen LogP contribution in [0.3, 0.4) is 0 Å². The number of para-hydroxylation sites is 1. The third-order valence-electron chi connectivity index (χ3n) is 6.45. The summed E-state index contributed by atoms with van der Waals surface area (Å²) in [6.07, 6.45) is 0.398.